The predicted octanol–water partition coefficient (Wildman–Crippen LogP) is 2.25. The van der Waals surface area contributed by atoms with Crippen LogP contribution in [-0.4, -0.2) is 10.3 Å². The molecule has 6 heteroatoms. The molecule has 0 heterocycles. The number of nitrogen functional groups attached to an aromatic ring is 1. The standard InChI is InChI=1S/C9H13N3O2S/c1-2-9(15)11-8-5-6(12(13)14)3-4-7(8)10/h3-5,9,11,15H,2,10H2,1H3/t9-/m0/s1. The zero-order chi connectivity index (χ0) is 11.4. The molecule has 0 saturated carbocycles. The number of nitro groups is 1. The Hall–Kier alpha value is -1.43. The summed E-state index contributed by atoms with van der Waals surface area (Å²) in [6.45, 7) is 1.96. The van der Waals surface area contributed by atoms with Crippen LogP contribution in [0.15, 0.2) is 18.2 Å². The fourth-order valence-corrected chi connectivity index (χ4v) is 1.20. The van der Waals surface area contributed by atoms with E-state index >= 15 is 0 Å². The zero-order valence-corrected chi connectivity index (χ0v) is 9.20. The molecule has 1 aromatic carbocycles. The Labute approximate surface area is 93.2 Å². The van der Waals surface area contributed by atoms with Gasteiger partial charge in [-0.3, -0.25) is 10.1 Å². The first-order valence-electron chi connectivity index (χ1n) is 4.53. The van der Waals surface area contributed by atoms with Crippen molar-refractivity contribution in [2.24, 2.45) is 0 Å². The van der Waals surface area contributed by atoms with Crippen molar-refractivity contribution < 1.29 is 4.92 Å². The van der Waals surface area contributed by atoms with Crippen LogP contribution in [0.4, 0.5) is 17.1 Å². The van der Waals surface area contributed by atoms with E-state index in [0.717, 1.165) is 6.42 Å². The van der Waals surface area contributed by atoms with Crippen molar-refractivity contribution in [1.29, 1.82) is 0 Å². The molecule has 15 heavy (non-hydrogen) atoms. The maximum Gasteiger partial charge on any atom is 0.271 e. The second kappa shape index (κ2) is 4.88. The topological polar surface area (TPSA) is 81.2 Å². The first-order valence-corrected chi connectivity index (χ1v) is 5.04. The summed E-state index contributed by atoms with van der Waals surface area (Å²) >= 11 is 4.24. The van der Waals surface area contributed by atoms with Crippen molar-refractivity contribution in [3.8, 4) is 0 Å². The molecule has 1 rings (SSSR count). The SMILES string of the molecule is CC[C@H](S)Nc1cc([N+](=O)[O-])ccc1N. The molecule has 82 valence electrons. The van der Waals surface area contributed by atoms with Gasteiger partial charge in [-0.2, -0.15) is 12.6 Å². The quantitative estimate of drug-likeness (QED) is 0.242. The molecule has 0 aliphatic carbocycles. The van der Waals surface area contributed by atoms with Crippen LogP contribution in [0, 0.1) is 10.1 Å². The van der Waals surface area contributed by atoms with Crippen molar-refractivity contribution in [2.75, 3.05) is 11.1 Å². The lowest BCUT2D eigenvalue weighted by Crippen LogP contribution is -2.12. The highest BCUT2D eigenvalue weighted by molar-refractivity contribution is 7.81. The van der Waals surface area contributed by atoms with Crippen LogP contribution in [0.2, 0.25) is 0 Å². The second-order valence-electron chi connectivity index (χ2n) is 3.10. The first kappa shape index (κ1) is 11.6. The molecule has 0 fully saturated rings. The van der Waals surface area contributed by atoms with Gasteiger partial charge < -0.3 is 11.1 Å². The number of hydrogen-bond donors (Lipinski definition) is 3. The summed E-state index contributed by atoms with van der Waals surface area (Å²) in [6.07, 6.45) is 0.797. The Balaban J connectivity index is 2.95. The third-order valence-corrected chi connectivity index (χ3v) is 2.45. The van der Waals surface area contributed by atoms with Crippen molar-refractivity contribution >= 4 is 29.7 Å². The molecule has 0 saturated heterocycles. The number of anilines is 2. The molecule has 0 amide bonds. The minimum absolute atomic E-state index is 0.0170. The lowest BCUT2D eigenvalue weighted by molar-refractivity contribution is -0.384. The number of hydrogen-bond acceptors (Lipinski definition) is 5. The Bertz CT molecular complexity index is 370. The lowest BCUT2D eigenvalue weighted by Gasteiger charge is -2.13. The number of nitro benzene ring substituents is 1. The molecular formula is C9H13N3O2S. The molecule has 0 aliphatic rings. The fourth-order valence-electron chi connectivity index (χ4n) is 1.06. The van der Waals surface area contributed by atoms with Crippen molar-refractivity contribution in [2.45, 2.75) is 18.7 Å². The van der Waals surface area contributed by atoms with Gasteiger partial charge in [-0.1, -0.05) is 6.92 Å². The average molecular weight is 227 g/mol. The number of thiol groups is 1. The van der Waals surface area contributed by atoms with E-state index in [1.165, 1.54) is 18.2 Å². The molecule has 3 N–H and O–H groups in total. The maximum absolute atomic E-state index is 10.5. The summed E-state index contributed by atoms with van der Waals surface area (Å²) in [7, 11) is 0. The third-order valence-electron chi connectivity index (χ3n) is 1.96. The summed E-state index contributed by atoms with van der Waals surface area (Å²) in [5.41, 5.74) is 6.72. The van der Waals surface area contributed by atoms with E-state index in [1.54, 1.807) is 0 Å². The number of nitrogens with two attached hydrogens (primary N) is 1. The maximum atomic E-state index is 10.5. The highest BCUT2D eigenvalue weighted by Gasteiger charge is 2.10. The van der Waals surface area contributed by atoms with Gasteiger partial charge in [-0.15, -0.1) is 0 Å². The predicted molar refractivity (Wildman–Crippen MR) is 64.2 cm³/mol. The van der Waals surface area contributed by atoms with Gasteiger partial charge in [0.2, 0.25) is 0 Å². The summed E-state index contributed by atoms with van der Waals surface area (Å²) in [5.74, 6) is 0. The number of non-ortho nitro benzene ring substituents is 1. The van der Waals surface area contributed by atoms with Gasteiger partial charge in [0, 0.05) is 12.1 Å². The molecule has 1 aromatic rings. The molecule has 0 aromatic heterocycles. The van der Waals surface area contributed by atoms with E-state index < -0.39 is 4.92 Å². The van der Waals surface area contributed by atoms with E-state index in [9.17, 15) is 10.1 Å². The largest absolute Gasteiger partial charge is 0.397 e. The van der Waals surface area contributed by atoms with Crippen LogP contribution >= 0.6 is 12.6 Å². The molecule has 0 radical (unpaired) electrons. The monoisotopic (exact) mass is 227 g/mol. The summed E-state index contributed by atoms with van der Waals surface area (Å²) in [4.78, 5) is 10.1. The minimum Gasteiger partial charge on any atom is -0.397 e. The number of benzene rings is 1. The Morgan fingerprint density at radius 2 is 2.33 bits per heavy atom. The van der Waals surface area contributed by atoms with Gasteiger partial charge in [-0.05, 0) is 12.5 Å². The van der Waals surface area contributed by atoms with Gasteiger partial charge >= 0.3 is 0 Å². The van der Waals surface area contributed by atoms with E-state index in [4.69, 9.17) is 5.73 Å². The highest BCUT2D eigenvalue weighted by Crippen LogP contribution is 2.25. The molecule has 0 spiro atoms. The minimum atomic E-state index is -0.454. The second-order valence-corrected chi connectivity index (χ2v) is 3.72. The van der Waals surface area contributed by atoms with Crippen LogP contribution < -0.4 is 11.1 Å². The van der Waals surface area contributed by atoms with Gasteiger partial charge in [-0.25, -0.2) is 0 Å². The summed E-state index contributed by atoms with van der Waals surface area (Å²) < 4.78 is 0. The van der Waals surface area contributed by atoms with Crippen LogP contribution in [0.5, 0.6) is 0 Å². The average Bonchev–Trinajstić information content (AvgIpc) is 2.20. The number of nitrogens with zero attached hydrogens (tertiary/aromatic N) is 1. The molecule has 0 aliphatic heterocycles. The van der Waals surface area contributed by atoms with Crippen molar-refractivity contribution in [1.82, 2.24) is 0 Å². The van der Waals surface area contributed by atoms with Gasteiger partial charge in [0.15, 0.2) is 0 Å². The highest BCUT2D eigenvalue weighted by atomic mass is 32.1. The molecule has 0 unspecified atom stereocenters. The van der Waals surface area contributed by atoms with Crippen LogP contribution in [0.25, 0.3) is 0 Å². The molecule has 0 bridgehead atoms. The third kappa shape index (κ3) is 3.02. The molecular weight excluding hydrogens is 214 g/mol. The van der Waals surface area contributed by atoms with Crippen molar-refractivity contribution in [3.05, 3.63) is 28.3 Å². The van der Waals surface area contributed by atoms with E-state index in [1.807, 2.05) is 6.92 Å². The zero-order valence-electron chi connectivity index (χ0n) is 8.30. The van der Waals surface area contributed by atoms with Crippen LogP contribution in [-0.2, 0) is 0 Å². The Kier molecular flexibility index (Phi) is 3.79. The van der Waals surface area contributed by atoms with E-state index in [2.05, 4.69) is 17.9 Å². The fraction of sp³-hybridized carbons (Fsp3) is 0.333. The van der Waals surface area contributed by atoms with Gasteiger partial charge in [0.1, 0.15) is 0 Å². The van der Waals surface area contributed by atoms with Gasteiger partial charge in [0.25, 0.3) is 5.69 Å². The van der Waals surface area contributed by atoms with E-state index in [0.29, 0.717) is 11.4 Å². The smallest absolute Gasteiger partial charge is 0.271 e. The normalized spacial score (nSPS) is 12.1. The van der Waals surface area contributed by atoms with Crippen LogP contribution in [0.3, 0.4) is 0 Å². The summed E-state index contributed by atoms with van der Waals surface area (Å²) in [5, 5.41) is 13.5. The van der Waals surface area contributed by atoms with Gasteiger partial charge in [0.05, 0.1) is 21.7 Å². The molecule has 1 atom stereocenters. The van der Waals surface area contributed by atoms with E-state index in [-0.39, 0.29) is 11.1 Å². The molecule has 5 nitrogen and oxygen atoms in total. The first-order chi connectivity index (χ1) is 7.04. The lowest BCUT2D eigenvalue weighted by atomic mass is 10.2. The van der Waals surface area contributed by atoms with Crippen molar-refractivity contribution in [3.63, 3.8) is 0 Å². The summed E-state index contributed by atoms with van der Waals surface area (Å²) in [6, 6.07) is 4.30. The van der Waals surface area contributed by atoms with Crippen LogP contribution in [0.1, 0.15) is 13.3 Å². The Morgan fingerprint density at radius 1 is 1.67 bits per heavy atom. The Morgan fingerprint density at radius 3 is 2.87 bits per heavy atom. The number of nitrogens with one attached hydrogen (secondary N) is 1. The number of rotatable bonds is 4.